The second kappa shape index (κ2) is 9.68. The minimum Gasteiger partial charge on any atom is -0.370 e. The molecule has 0 spiro atoms. The van der Waals surface area contributed by atoms with Gasteiger partial charge in [-0.2, -0.15) is 19.1 Å². The van der Waals surface area contributed by atoms with Crippen molar-refractivity contribution in [3.63, 3.8) is 0 Å². The van der Waals surface area contributed by atoms with Crippen LogP contribution in [-0.4, -0.2) is 44.7 Å². The first-order valence-corrected chi connectivity index (χ1v) is 12.1. The third-order valence-electron chi connectivity index (χ3n) is 7.22. The number of halogens is 2. The third kappa shape index (κ3) is 4.67. The summed E-state index contributed by atoms with van der Waals surface area (Å²) in [6, 6.07) is 9.25. The number of nitriles is 1. The number of oxime groups is 1. The maximum atomic E-state index is 12.8. The number of nitrogens with zero attached hydrogens (tertiary/aromatic N) is 7. The fraction of sp³-hybridized carbons (Fsp3) is 0.480. The molecule has 0 bridgehead atoms. The first kappa shape index (κ1) is 23.9. The number of aryl methyl sites for hydroxylation is 1. The van der Waals surface area contributed by atoms with Crippen molar-refractivity contribution < 1.29 is 13.6 Å². The molecule has 3 aromatic rings. The molecular formula is C25H27F2N7O2. The number of fused-ring (bicyclic) bond motifs is 1. The summed E-state index contributed by atoms with van der Waals surface area (Å²) in [4.78, 5) is 23.5. The van der Waals surface area contributed by atoms with Crippen LogP contribution in [0.1, 0.15) is 56.0 Å². The van der Waals surface area contributed by atoms with Crippen molar-refractivity contribution in [1.29, 1.82) is 5.26 Å². The molecule has 0 atom stereocenters. The van der Waals surface area contributed by atoms with Gasteiger partial charge in [-0.1, -0.05) is 5.16 Å². The summed E-state index contributed by atoms with van der Waals surface area (Å²) in [5.41, 5.74) is 3.08. The van der Waals surface area contributed by atoms with Crippen molar-refractivity contribution in [2.75, 3.05) is 11.9 Å². The molecule has 2 aliphatic rings. The van der Waals surface area contributed by atoms with Gasteiger partial charge >= 0.3 is 6.61 Å². The summed E-state index contributed by atoms with van der Waals surface area (Å²) >= 11 is 0. The summed E-state index contributed by atoms with van der Waals surface area (Å²) in [6.45, 7) is -2.99. The number of aromatic nitrogens is 4. The number of rotatable bonds is 7. The van der Waals surface area contributed by atoms with Gasteiger partial charge in [0.15, 0.2) is 0 Å². The van der Waals surface area contributed by atoms with E-state index in [9.17, 15) is 18.8 Å². The molecule has 0 radical (unpaired) electrons. The highest BCUT2D eigenvalue weighted by Gasteiger charge is 2.32. The molecule has 2 aliphatic carbocycles. The van der Waals surface area contributed by atoms with E-state index in [0.717, 1.165) is 25.7 Å². The van der Waals surface area contributed by atoms with Gasteiger partial charge in [0.2, 0.25) is 0 Å². The number of pyridine rings is 2. The summed E-state index contributed by atoms with van der Waals surface area (Å²) in [6.07, 6.45) is 6.93. The highest BCUT2D eigenvalue weighted by molar-refractivity contribution is 6.00. The normalized spacial score (nSPS) is 20.5. The van der Waals surface area contributed by atoms with E-state index in [0.29, 0.717) is 47.0 Å². The van der Waals surface area contributed by atoms with Gasteiger partial charge in [0.25, 0.3) is 5.56 Å². The average Bonchev–Trinajstić information content (AvgIpc) is 3.63. The van der Waals surface area contributed by atoms with Crippen LogP contribution in [-0.2, 0) is 11.9 Å². The molecule has 0 N–H and O–H groups in total. The van der Waals surface area contributed by atoms with E-state index in [2.05, 4.69) is 26.1 Å². The van der Waals surface area contributed by atoms with Gasteiger partial charge in [0, 0.05) is 38.3 Å². The molecule has 0 saturated heterocycles. The molecular weight excluding hydrogens is 468 g/mol. The Hall–Kier alpha value is -3.81. The molecule has 36 heavy (non-hydrogen) atoms. The molecule has 9 nitrogen and oxygen atoms in total. The summed E-state index contributed by atoms with van der Waals surface area (Å²) in [5, 5.41) is 17.7. The third-order valence-corrected chi connectivity index (χ3v) is 7.22. The Morgan fingerprint density at radius 2 is 1.97 bits per heavy atom. The number of alkyl halides is 2. The lowest BCUT2D eigenvalue weighted by atomic mass is 9.81. The van der Waals surface area contributed by atoms with E-state index in [-0.39, 0.29) is 23.2 Å². The van der Waals surface area contributed by atoms with Crippen LogP contribution in [0.5, 0.6) is 0 Å². The Kier molecular flexibility index (Phi) is 6.43. The molecule has 5 rings (SSSR count). The van der Waals surface area contributed by atoms with Crippen molar-refractivity contribution in [1.82, 2.24) is 19.3 Å². The van der Waals surface area contributed by atoms with Crippen LogP contribution in [0.4, 0.5) is 14.5 Å². The average molecular weight is 496 g/mol. The first-order valence-electron chi connectivity index (χ1n) is 12.1. The van der Waals surface area contributed by atoms with Crippen LogP contribution in [0, 0.1) is 17.2 Å². The summed E-state index contributed by atoms with van der Waals surface area (Å²) in [5.74, 6) is -0.0698. The van der Waals surface area contributed by atoms with Gasteiger partial charge in [-0.15, -0.1) is 0 Å². The topological polar surface area (TPSA) is 101 Å². The lowest BCUT2D eigenvalue weighted by Gasteiger charge is -2.36. The Balaban J connectivity index is 1.37. The van der Waals surface area contributed by atoms with Gasteiger partial charge in [-0.05, 0) is 56.7 Å². The Morgan fingerprint density at radius 3 is 2.64 bits per heavy atom. The van der Waals surface area contributed by atoms with Crippen LogP contribution in [0.2, 0.25) is 0 Å². The highest BCUT2D eigenvalue weighted by atomic mass is 19.3. The van der Waals surface area contributed by atoms with E-state index in [1.54, 1.807) is 25.2 Å². The van der Waals surface area contributed by atoms with Gasteiger partial charge in [-0.25, -0.2) is 4.98 Å². The second-order valence-corrected chi connectivity index (χ2v) is 9.47. The van der Waals surface area contributed by atoms with Gasteiger partial charge < -0.3 is 14.3 Å². The van der Waals surface area contributed by atoms with Crippen molar-refractivity contribution in [3.8, 4) is 6.07 Å². The quantitative estimate of drug-likeness (QED) is 0.363. The number of hydrogen-bond acceptors (Lipinski definition) is 7. The molecule has 0 amide bonds. The molecule has 3 aromatic heterocycles. The fourth-order valence-corrected chi connectivity index (χ4v) is 5.02. The number of hydrogen-bond donors (Lipinski definition) is 0. The van der Waals surface area contributed by atoms with E-state index >= 15 is 0 Å². The Bertz CT molecular complexity index is 1400. The minimum absolute atomic E-state index is 0.0698. The van der Waals surface area contributed by atoms with Gasteiger partial charge in [0.1, 0.15) is 28.7 Å². The zero-order valence-corrected chi connectivity index (χ0v) is 20.1. The standard InChI is InChI=1S/C25H27F2N7O2/c1-32(21-13-22(35)33(2)20-10-5-16(14-28)29-24(20)21)17-6-3-15(4-7-17)23(31-36-25(26)27)19-11-12-34(30-19)18-8-9-18/h5,10-13,15,17-18,25H,3-4,6-9H2,1-2H3/b31-23-/t15-,17+. The van der Waals surface area contributed by atoms with E-state index in [4.69, 9.17) is 0 Å². The first-order chi connectivity index (χ1) is 17.4. The molecule has 0 unspecified atom stereocenters. The fourth-order valence-electron chi connectivity index (χ4n) is 5.02. The maximum absolute atomic E-state index is 12.8. The van der Waals surface area contributed by atoms with Crippen molar-refractivity contribution in [2.45, 2.75) is 57.2 Å². The van der Waals surface area contributed by atoms with Crippen LogP contribution in [0.25, 0.3) is 11.0 Å². The smallest absolute Gasteiger partial charge is 0.370 e. The lowest BCUT2D eigenvalue weighted by molar-refractivity contribution is -0.128. The van der Waals surface area contributed by atoms with Crippen LogP contribution in [0.3, 0.4) is 0 Å². The molecule has 11 heteroatoms. The maximum Gasteiger partial charge on any atom is 0.407 e. The zero-order chi connectivity index (χ0) is 25.4. The lowest BCUT2D eigenvalue weighted by Crippen LogP contribution is -2.38. The van der Waals surface area contributed by atoms with E-state index in [1.165, 1.54) is 4.57 Å². The van der Waals surface area contributed by atoms with E-state index in [1.807, 2.05) is 28.9 Å². The predicted octanol–water partition coefficient (Wildman–Crippen LogP) is 3.98. The largest absolute Gasteiger partial charge is 0.407 e. The van der Waals surface area contributed by atoms with Crippen molar-refractivity contribution in [3.05, 3.63) is 52.2 Å². The van der Waals surface area contributed by atoms with Gasteiger partial charge in [-0.3, -0.25) is 9.48 Å². The Morgan fingerprint density at radius 1 is 1.22 bits per heavy atom. The SMILES string of the molecule is Cn1c(=O)cc(N(C)[C@H]2CC[C@@H](/C(=N/OC(F)F)c3ccn(C4CC4)n3)CC2)c2nc(C#N)ccc21. The second-order valence-electron chi connectivity index (χ2n) is 9.47. The predicted molar refractivity (Wildman–Crippen MR) is 130 cm³/mol. The van der Waals surface area contributed by atoms with Gasteiger partial charge in [0.05, 0.1) is 17.2 Å². The molecule has 2 fully saturated rings. The van der Waals surface area contributed by atoms with Crippen LogP contribution < -0.4 is 10.5 Å². The molecule has 188 valence electrons. The van der Waals surface area contributed by atoms with Crippen molar-refractivity contribution >= 4 is 22.4 Å². The zero-order valence-electron chi connectivity index (χ0n) is 20.1. The van der Waals surface area contributed by atoms with Crippen LogP contribution >= 0.6 is 0 Å². The highest BCUT2D eigenvalue weighted by Crippen LogP contribution is 2.36. The number of anilines is 1. The molecule has 3 heterocycles. The van der Waals surface area contributed by atoms with Crippen molar-refractivity contribution in [2.24, 2.45) is 18.1 Å². The van der Waals surface area contributed by atoms with E-state index < -0.39 is 6.61 Å². The monoisotopic (exact) mass is 495 g/mol. The molecule has 0 aliphatic heterocycles. The molecule has 2 saturated carbocycles. The summed E-state index contributed by atoms with van der Waals surface area (Å²) < 4.78 is 29.0. The Labute approximate surface area is 206 Å². The molecule has 0 aromatic carbocycles. The minimum atomic E-state index is -2.99. The summed E-state index contributed by atoms with van der Waals surface area (Å²) in [7, 11) is 3.60. The van der Waals surface area contributed by atoms with Crippen LogP contribution in [0.15, 0.2) is 40.4 Å².